The van der Waals surface area contributed by atoms with Crippen LogP contribution in [0.25, 0.3) is 0 Å². The van der Waals surface area contributed by atoms with Gasteiger partial charge >= 0.3 is 0 Å². The van der Waals surface area contributed by atoms with Crippen LogP contribution in [0.2, 0.25) is 10.0 Å². The molecule has 0 spiro atoms. The minimum Gasteiger partial charge on any atom is -0.497 e. The van der Waals surface area contributed by atoms with Crippen LogP contribution in [0.1, 0.15) is 17.2 Å². The molecule has 152 valence electrons. The quantitative estimate of drug-likeness (QED) is 0.543. The van der Waals surface area contributed by atoms with Crippen LogP contribution in [0, 0.1) is 0 Å². The Bertz CT molecular complexity index is 1040. The Hall–Kier alpha value is -2.25. The molecule has 5 nitrogen and oxygen atoms in total. The molecule has 3 aromatic rings. The van der Waals surface area contributed by atoms with Crippen LogP contribution in [-0.4, -0.2) is 22.6 Å². The molecule has 29 heavy (non-hydrogen) atoms. The first-order valence-electron chi connectivity index (χ1n) is 8.59. The fraction of sp³-hybridized carbons (Fsp3) is 0.143. The van der Waals surface area contributed by atoms with Gasteiger partial charge in [0.1, 0.15) is 16.4 Å². The van der Waals surface area contributed by atoms with E-state index in [1.165, 1.54) is 18.2 Å². The first-order valence-corrected chi connectivity index (χ1v) is 10.8. The van der Waals surface area contributed by atoms with E-state index in [1.54, 1.807) is 62.8 Å². The Labute approximate surface area is 180 Å². The number of benzene rings is 3. The third kappa shape index (κ3) is 5.03. The van der Waals surface area contributed by atoms with E-state index in [-0.39, 0.29) is 9.92 Å². The summed E-state index contributed by atoms with van der Waals surface area (Å²) >= 11 is 12.0. The number of nitrogens with one attached hydrogen (secondary N) is 1. The minimum absolute atomic E-state index is 0.0457. The standard InChI is InChI=1S/C21H19Cl2NO4S/c1-27-17-8-3-14(4-9-17)21(15-5-10-18(28-2)11-6-15)24-29(25,26)20-12-7-16(22)13-19(20)23/h3-13,21,24H,1-2H3. The van der Waals surface area contributed by atoms with Crippen molar-refractivity contribution in [2.24, 2.45) is 0 Å². The molecule has 0 radical (unpaired) electrons. The summed E-state index contributed by atoms with van der Waals surface area (Å²) in [5, 5.41) is 0.407. The van der Waals surface area contributed by atoms with Crippen molar-refractivity contribution in [1.82, 2.24) is 4.72 Å². The summed E-state index contributed by atoms with van der Waals surface area (Å²) in [5.74, 6) is 1.34. The van der Waals surface area contributed by atoms with Crippen LogP contribution in [-0.2, 0) is 10.0 Å². The monoisotopic (exact) mass is 451 g/mol. The summed E-state index contributed by atoms with van der Waals surface area (Å²) in [7, 11) is -0.796. The number of methoxy groups -OCH3 is 2. The number of rotatable bonds is 7. The van der Waals surface area contributed by atoms with E-state index in [1.807, 2.05) is 0 Å². The SMILES string of the molecule is COc1ccc(C(NS(=O)(=O)c2ccc(Cl)cc2Cl)c2ccc(OC)cc2)cc1. The molecule has 0 unspecified atom stereocenters. The third-order valence-corrected chi connectivity index (χ3v) is 6.50. The van der Waals surface area contributed by atoms with Crippen molar-refractivity contribution >= 4 is 33.2 Å². The van der Waals surface area contributed by atoms with Gasteiger partial charge in [0.2, 0.25) is 10.0 Å². The zero-order chi connectivity index (χ0) is 21.0. The fourth-order valence-electron chi connectivity index (χ4n) is 2.83. The van der Waals surface area contributed by atoms with E-state index < -0.39 is 16.1 Å². The van der Waals surface area contributed by atoms with Crippen LogP contribution in [0.15, 0.2) is 71.6 Å². The number of hydrogen-bond acceptors (Lipinski definition) is 4. The first-order chi connectivity index (χ1) is 13.8. The van der Waals surface area contributed by atoms with Gasteiger partial charge in [0.15, 0.2) is 0 Å². The maximum atomic E-state index is 13.1. The lowest BCUT2D eigenvalue weighted by atomic mass is 9.99. The number of sulfonamides is 1. The highest BCUT2D eigenvalue weighted by atomic mass is 35.5. The van der Waals surface area contributed by atoms with Gasteiger partial charge < -0.3 is 9.47 Å². The van der Waals surface area contributed by atoms with Gasteiger partial charge in [-0.15, -0.1) is 0 Å². The smallest absolute Gasteiger partial charge is 0.242 e. The Balaban J connectivity index is 2.03. The van der Waals surface area contributed by atoms with Crippen LogP contribution in [0.4, 0.5) is 0 Å². The van der Waals surface area contributed by atoms with Crippen molar-refractivity contribution in [2.45, 2.75) is 10.9 Å². The Morgan fingerprint density at radius 2 is 1.28 bits per heavy atom. The molecule has 0 fully saturated rings. The van der Waals surface area contributed by atoms with Gasteiger partial charge in [0.05, 0.1) is 25.3 Å². The molecular weight excluding hydrogens is 433 g/mol. The van der Waals surface area contributed by atoms with Crippen LogP contribution >= 0.6 is 23.2 Å². The second-order valence-electron chi connectivity index (χ2n) is 6.18. The number of ether oxygens (including phenoxy) is 2. The summed E-state index contributed by atoms with van der Waals surface area (Å²) in [5.41, 5.74) is 1.48. The highest BCUT2D eigenvalue weighted by Gasteiger charge is 2.25. The molecule has 0 aliphatic heterocycles. The molecule has 0 aliphatic carbocycles. The van der Waals surface area contributed by atoms with Crippen molar-refractivity contribution in [1.29, 1.82) is 0 Å². The van der Waals surface area contributed by atoms with Gasteiger partial charge in [-0.1, -0.05) is 47.5 Å². The topological polar surface area (TPSA) is 64.6 Å². The summed E-state index contributed by atoms with van der Waals surface area (Å²) in [4.78, 5) is -0.0457. The zero-order valence-corrected chi connectivity index (χ0v) is 18.1. The number of hydrogen-bond donors (Lipinski definition) is 1. The molecule has 0 bridgehead atoms. The Morgan fingerprint density at radius 1 is 0.793 bits per heavy atom. The summed E-state index contributed by atoms with van der Waals surface area (Å²) < 4.78 is 39.3. The van der Waals surface area contributed by atoms with Crippen LogP contribution < -0.4 is 14.2 Å². The lowest BCUT2D eigenvalue weighted by Crippen LogP contribution is -2.29. The second kappa shape index (κ2) is 9.05. The molecule has 0 atom stereocenters. The molecule has 0 aromatic heterocycles. The largest absolute Gasteiger partial charge is 0.497 e. The van der Waals surface area contributed by atoms with Gasteiger partial charge in [-0.3, -0.25) is 0 Å². The van der Waals surface area contributed by atoms with E-state index in [2.05, 4.69) is 4.72 Å². The molecule has 3 rings (SSSR count). The van der Waals surface area contributed by atoms with E-state index in [0.29, 0.717) is 16.5 Å². The molecule has 0 saturated carbocycles. The van der Waals surface area contributed by atoms with Crippen molar-refractivity contribution in [3.05, 3.63) is 87.9 Å². The fourth-order valence-corrected chi connectivity index (χ4v) is 4.82. The first kappa shape index (κ1) is 21.5. The van der Waals surface area contributed by atoms with Crippen LogP contribution in [0.3, 0.4) is 0 Å². The van der Waals surface area contributed by atoms with E-state index in [4.69, 9.17) is 32.7 Å². The summed E-state index contributed by atoms with van der Waals surface area (Å²) in [6, 6.07) is 17.9. The highest BCUT2D eigenvalue weighted by molar-refractivity contribution is 7.89. The molecule has 3 aromatic carbocycles. The Morgan fingerprint density at radius 3 is 1.69 bits per heavy atom. The molecule has 1 N–H and O–H groups in total. The highest BCUT2D eigenvalue weighted by Crippen LogP contribution is 2.30. The summed E-state index contributed by atoms with van der Waals surface area (Å²) in [6.07, 6.45) is 0. The second-order valence-corrected chi connectivity index (χ2v) is 8.70. The van der Waals surface area contributed by atoms with E-state index in [9.17, 15) is 8.42 Å². The van der Waals surface area contributed by atoms with Gasteiger partial charge in [-0.05, 0) is 53.6 Å². The molecule has 0 aliphatic rings. The molecule has 0 heterocycles. The molecular formula is C21H19Cl2NO4S. The van der Waals surface area contributed by atoms with Crippen molar-refractivity contribution < 1.29 is 17.9 Å². The third-order valence-electron chi connectivity index (χ3n) is 4.35. The maximum absolute atomic E-state index is 13.1. The minimum atomic E-state index is -3.94. The predicted molar refractivity (Wildman–Crippen MR) is 115 cm³/mol. The lowest BCUT2D eigenvalue weighted by molar-refractivity contribution is 0.414. The van der Waals surface area contributed by atoms with E-state index >= 15 is 0 Å². The van der Waals surface area contributed by atoms with Crippen molar-refractivity contribution in [3.63, 3.8) is 0 Å². The van der Waals surface area contributed by atoms with E-state index in [0.717, 1.165) is 11.1 Å². The van der Waals surface area contributed by atoms with Gasteiger partial charge in [0.25, 0.3) is 0 Å². The molecule has 0 saturated heterocycles. The maximum Gasteiger partial charge on any atom is 0.242 e. The average Bonchev–Trinajstić information content (AvgIpc) is 2.72. The predicted octanol–water partition coefficient (Wildman–Crippen LogP) is 5.08. The van der Waals surface area contributed by atoms with Crippen molar-refractivity contribution in [3.8, 4) is 11.5 Å². The van der Waals surface area contributed by atoms with Crippen LogP contribution in [0.5, 0.6) is 11.5 Å². The number of halogens is 2. The Kier molecular flexibility index (Phi) is 6.70. The molecule has 8 heteroatoms. The van der Waals surface area contributed by atoms with Gasteiger partial charge in [-0.2, -0.15) is 4.72 Å². The average molecular weight is 452 g/mol. The molecule has 0 amide bonds. The zero-order valence-electron chi connectivity index (χ0n) is 15.7. The van der Waals surface area contributed by atoms with Crippen molar-refractivity contribution in [2.75, 3.05) is 14.2 Å². The lowest BCUT2D eigenvalue weighted by Gasteiger charge is -2.21. The van der Waals surface area contributed by atoms with Gasteiger partial charge in [-0.25, -0.2) is 8.42 Å². The summed E-state index contributed by atoms with van der Waals surface area (Å²) in [6.45, 7) is 0. The normalized spacial score (nSPS) is 11.5. The van der Waals surface area contributed by atoms with Gasteiger partial charge in [0, 0.05) is 5.02 Å².